The fourth-order valence-electron chi connectivity index (χ4n) is 2.87. The smallest absolute Gasteiger partial charge is 0.220 e. The first-order valence-corrected chi connectivity index (χ1v) is 7.79. The summed E-state index contributed by atoms with van der Waals surface area (Å²) in [6, 6.07) is 5.82. The van der Waals surface area contributed by atoms with Crippen LogP contribution in [0.4, 0.5) is 0 Å². The van der Waals surface area contributed by atoms with Crippen molar-refractivity contribution in [1.82, 2.24) is 10.3 Å². The monoisotopic (exact) mass is 302 g/mol. The van der Waals surface area contributed by atoms with Gasteiger partial charge in [-0.1, -0.05) is 23.8 Å². The Bertz CT molecular complexity index is 674. The molecule has 0 aliphatic heterocycles. The molecule has 1 aliphatic rings. The highest BCUT2D eigenvalue weighted by Crippen LogP contribution is 2.23. The highest BCUT2D eigenvalue weighted by molar-refractivity contribution is 6.31. The van der Waals surface area contributed by atoms with E-state index in [1.165, 1.54) is 5.56 Å². The third-order valence-electron chi connectivity index (χ3n) is 4.01. The van der Waals surface area contributed by atoms with Gasteiger partial charge in [0.2, 0.25) is 5.91 Å². The predicted molar refractivity (Wildman–Crippen MR) is 86.5 cm³/mol. The number of fused-ring (bicyclic) bond motifs is 1. The molecular weight excluding hydrogens is 284 g/mol. The van der Waals surface area contributed by atoms with Gasteiger partial charge in [-0.15, -0.1) is 0 Å². The third-order valence-corrected chi connectivity index (χ3v) is 4.24. The van der Waals surface area contributed by atoms with Crippen LogP contribution in [0.15, 0.2) is 36.5 Å². The first-order chi connectivity index (χ1) is 10.2. The zero-order valence-corrected chi connectivity index (χ0v) is 12.6. The highest BCUT2D eigenvalue weighted by atomic mass is 35.5. The Hall–Kier alpha value is -1.74. The second kappa shape index (κ2) is 6.35. The minimum Gasteiger partial charge on any atom is -0.361 e. The average Bonchev–Trinajstić information content (AvgIpc) is 3.09. The summed E-state index contributed by atoms with van der Waals surface area (Å²) < 4.78 is 0. The first-order valence-electron chi connectivity index (χ1n) is 7.41. The highest BCUT2D eigenvalue weighted by Gasteiger charge is 2.13. The maximum atomic E-state index is 11.9. The standard InChI is InChI=1S/C17H19ClN2O/c18-14-5-6-16-15(10-14)13(11-20-16)7-8-19-17(21)9-12-3-1-2-4-12/h1,3,5-6,10-12,20H,2,4,7-9H2,(H,19,21). The second-order valence-electron chi connectivity index (χ2n) is 5.57. The molecule has 4 heteroatoms. The molecule has 1 atom stereocenters. The second-order valence-corrected chi connectivity index (χ2v) is 6.01. The maximum Gasteiger partial charge on any atom is 0.220 e. The lowest BCUT2D eigenvalue weighted by atomic mass is 10.0. The molecule has 0 saturated heterocycles. The topological polar surface area (TPSA) is 44.9 Å². The summed E-state index contributed by atoms with van der Waals surface area (Å²) in [7, 11) is 0. The lowest BCUT2D eigenvalue weighted by Crippen LogP contribution is -2.26. The minimum atomic E-state index is 0.143. The van der Waals surface area contributed by atoms with Crippen LogP contribution in [0.2, 0.25) is 5.02 Å². The van der Waals surface area contributed by atoms with E-state index < -0.39 is 0 Å². The van der Waals surface area contributed by atoms with Gasteiger partial charge in [0.1, 0.15) is 0 Å². The zero-order valence-electron chi connectivity index (χ0n) is 11.9. The van der Waals surface area contributed by atoms with Crippen molar-refractivity contribution in [2.45, 2.75) is 25.7 Å². The Morgan fingerprint density at radius 2 is 2.33 bits per heavy atom. The van der Waals surface area contributed by atoms with Gasteiger partial charge in [0.05, 0.1) is 0 Å². The fraction of sp³-hybridized carbons (Fsp3) is 0.353. The quantitative estimate of drug-likeness (QED) is 0.810. The van der Waals surface area contributed by atoms with E-state index in [0.717, 1.165) is 35.2 Å². The molecule has 0 radical (unpaired) electrons. The first kappa shape index (κ1) is 14.2. The van der Waals surface area contributed by atoms with Crippen LogP contribution in [0.1, 0.15) is 24.8 Å². The van der Waals surface area contributed by atoms with Crippen LogP contribution in [0.25, 0.3) is 10.9 Å². The van der Waals surface area contributed by atoms with E-state index in [9.17, 15) is 4.79 Å². The molecule has 3 nitrogen and oxygen atoms in total. The molecule has 0 bridgehead atoms. The van der Waals surface area contributed by atoms with Crippen LogP contribution >= 0.6 is 11.6 Å². The molecule has 1 heterocycles. The number of allylic oxidation sites excluding steroid dienone is 2. The summed E-state index contributed by atoms with van der Waals surface area (Å²) in [6.45, 7) is 0.661. The van der Waals surface area contributed by atoms with Crippen LogP contribution in [0, 0.1) is 5.92 Å². The van der Waals surface area contributed by atoms with Crippen molar-refractivity contribution in [2.24, 2.45) is 5.92 Å². The van der Waals surface area contributed by atoms with Gasteiger partial charge in [0, 0.05) is 35.1 Å². The summed E-state index contributed by atoms with van der Waals surface area (Å²) in [5.74, 6) is 0.571. The number of aromatic nitrogens is 1. The largest absolute Gasteiger partial charge is 0.361 e. The summed E-state index contributed by atoms with van der Waals surface area (Å²) in [4.78, 5) is 15.1. The van der Waals surface area contributed by atoms with E-state index in [-0.39, 0.29) is 5.91 Å². The van der Waals surface area contributed by atoms with E-state index >= 15 is 0 Å². The third kappa shape index (κ3) is 3.48. The molecule has 0 spiro atoms. The van der Waals surface area contributed by atoms with Gasteiger partial charge in [-0.3, -0.25) is 4.79 Å². The number of halogens is 1. The number of nitrogens with one attached hydrogen (secondary N) is 2. The Kier molecular flexibility index (Phi) is 4.30. The van der Waals surface area contributed by atoms with Gasteiger partial charge in [0.25, 0.3) is 0 Å². The average molecular weight is 303 g/mol. The number of H-pyrrole nitrogens is 1. The summed E-state index contributed by atoms with van der Waals surface area (Å²) in [5, 5.41) is 4.88. The zero-order chi connectivity index (χ0) is 14.7. The lowest BCUT2D eigenvalue weighted by molar-refractivity contribution is -0.121. The SMILES string of the molecule is O=C(CC1C=CCC1)NCCc1c[nH]c2ccc(Cl)cc12. The van der Waals surface area contributed by atoms with Crippen molar-refractivity contribution in [3.05, 3.63) is 47.1 Å². The molecule has 2 aromatic rings. The molecule has 1 amide bonds. The Morgan fingerprint density at radius 1 is 1.43 bits per heavy atom. The van der Waals surface area contributed by atoms with Crippen LogP contribution < -0.4 is 5.32 Å². The molecule has 1 aromatic carbocycles. The van der Waals surface area contributed by atoms with Crippen LogP contribution in [-0.2, 0) is 11.2 Å². The molecule has 3 rings (SSSR count). The molecule has 1 unspecified atom stereocenters. The minimum absolute atomic E-state index is 0.143. The lowest BCUT2D eigenvalue weighted by Gasteiger charge is -2.08. The molecule has 0 saturated carbocycles. The van der Waals surface area contributed by atoms with E-state index in [1.807, 2.05) is 24.4 Å². The van der Waals surface area contributed by atoms with Crippen LogP contribution in [0.3, 0.4) is 0 Å². The summed E-state index contributed by atoms with van der Waals surface area (Å²) in [6.07, 6.45) is 9.94. The summed E-state index contributed by atoms with van der Waals surface area (Å²) >= 11 is 6.04. The molecule has 1 aliphatic carbocycles. The van der Waals surface area contributed by atoms with Crippen molar-refractivity contribution in [3.63, 3.8) is 0 Å². The Balaban J connectivity index is 1.53. The van der Waals surface area contributed by atoms with E-state index in [1.54, 1.807) is 0 Å². The number of hydrogen-bond donors (Lipinski definition) is 2. The number of rotatable bonds is 5. The van der Waals surface area contributed by atoms with Crippen molar-refractivity contribution in [1.29, 1.82) is 0 Å². The predicted octanol–water partition coefficient (Wildman–Crippen LogP) is 3.84. The molecule has 110 valence electrons. The van der Waals surface area contributed by atoms with Crippen molar-refractivity contribution < 1.29 is 4.79 Å². The van der Waals surface area contributed by atoms with Gasteiger partial charge in [-0.2, -0.15) is 0 Å². The van der Waals surface area contributed by atoms with Gasteiger partial charge < -0.3 is 10.3 Å². The summed E-state index contributed by atoms with van der Waals surface area (Å²) in [5.41, 5.74) is 2.27. The molecule has 0 fully saturated rings. The Labute approximate surface area is 129 Å². The fourth-order valence-corrected chi connectivity index (χ4v) is 3.04. The molecule has 1 aromatic heterocycles. The Morgan fingerprint density at radius 3 is 3.14 bits per heavy atom. The molecule has 2 N–H and O–H groups in total. The van der Waals surface area contributed by atoms with Crippen molar-refractivity contribution in [3.8, 4) is 0 Å². The van der Waals surface area contributed by atoms with Gasteiger partial charge in [-0.05, 0) is 48.9 Å². The number of hydrogen-bond acceptors (Lipinski definition) is 1. The van der Waals surface area contributed by atoms with E-state index in [4.69, 9.17) is 11.6 Å². The van der Waals surface area contributed by atoms with E-state index in [2.05, 4.69) is 22.5 Å². The number of carbonyl (C=O) groups is 1. The normalized spacial score (nSPS) is 17.5. The number of benzene rings is 1. The number of carbonyl (C=O) groups excluding carboxylic acids is 1. The maximum absolute atomic E-state index is 11.9. The van der Waals surface area contributed by atoms with Crippen molar-refractivity contribution in [2.75, 3.05) is 6.54 Å². The van der Waals surface area contributed by atoms with Crippen LogP contribution in [-0.4, -0.2) is 17.4 Å². The number of aromatic amines is 1. The van der Waals surface area contributed by atoms with E-state index in [0.29, 0.717) is 18.9 Å². The number of amides is 1. The van der Waals surface area contributed by atoms with Crippen molar-refractivity contribution >= 4 is 28.4 Å². The molecular formula is C17H19ClN2O. The van der Waals surface area contributed by atoms with Crippen LogP contribution in [0.5, 0.6) is 0 Å². The molecule has 21 heavy (non-hydrogen) atoms. The van der Waals surface area contributed by atoms with Gasteiger partial charge >= 0.3 is 0 Å². The van der Waals surface area contributed by atoms with Gasteiger partial charge in [0.15, 0.2) is 0 Å². The van der Waals surface area contributed by atoms with Gasteiger partial charge in [-0.25, -0.2) is 0 Å².